The van der Waals surface area contributed by atoms with Crippen LogP contribution in [0.4, 0.5) is 0 Å². The van der Waals surface area contributed by atoms with E-state index < -0.39 is 6.10 Å². The molecule has 3 atom stereocenters. The lowest BCUT2D eigenvalue weighted by molar-refractivity contribution is -0.136. The van der Waals surface area contributed by atoms with Crippen molar-refractivity contribution in [3.63, 3.8) is 0 Å². The van der Waals surface area contributed by atoms with Gasteiger partial charge in [0.05, 0.1) is 6.04 Å². The van der Waals surface area contributed by atoms with Gasteiger partial charge in [-0.25, -0.2) is 0 Å². The van der Waals surface area contributed by atoms with E-state index in [1.807, 2.05) is 18.2 Å². The highest BCUT2D eigenvalue weighted by molar-refractivity contribution is 5.83. The Morgan fingerprint density at radius 1 is 1.35 bits per heavy atom. The van der Waals surface area contributed by atoms with Gasteiger partial charge in [-0.15, -0.1) is 0 Å². The van der Waals surface area contributed by atoms with Crippen LogP contribution in [0.1, 0.15) is 23.6 Å². The highest BCUT2D eigenvalue weighted by Gasteiger charge is 2.41. The van der Waals surface area contributed by atoms with Gasteiger partial charge < -0.3 is 15.7 Å². The first-order chi connectivity index (χ1) is 8.18. The van der Waals surface area contributed by atoms with Crippen molar-refractivity contribution in [2.45, 2.75) is 31.0 Å². The van der Waals surface area contributed by atoms with Crippen molar-refractivity contribution in [1.29, 1.82) is 0 Å². The minimum absolute atomic E-state index is 0.0540. The summed E-state index contributed by atoms with van der Waals surface area (Å²) in [5.41, 5.74) is 8.50. The monoisotopic (exact) mass is 232 g/mol. The van der Waals surface area contributed by atoms with E-state index in [-0.39, 0.29) is 18.0 Å². The van der Waals surface area contributed by atoms with Crippen molar-refractivity contribution >= 4 is 5.91 Å². The Kier molecular flexibility index (Phi) is 2.42. The third-order valence-electron chi connectivity index (χ3n) is 3.78. The van der Waals surface area contributed by atoms with Gasteiger partial charge in [-0.1, -0.05) is 24.3 Å². The number of nitrogens with zero attached hydrogens (tertiary/aromatic N) is 1. The SMILES string of the molecule is N[C@@H]1Cc2ccccc2[C@H]1N1CC[C@H](O)C1=O. The van der Waals surface area contributed by atoms with Gasteiger partial charge in [0.2, 0.25) is 0 Å². The van der Waals surface area contributed by atoms with Gasteiger partial charge in [-0.3, -0.25) is 4.79 Å². The number of rotatable bonds is 1. The number of aliphatic hydroxyl groups excluding tert-OH is 1. The topological polar surface area (TPSA) is 66.6 Å². The van der Waals surface area contributed by atoms with Crippen LogP contribution in [-0.4, -0.2) is 34.6 Å². The third-order valence-corrected chi connectivity index (χ3v) is 3.78. The molecule has 4 nitrogen and oxygen atoms in total. The van der Waals surface area contributed by atoms with Crippen LogP contribution in [0.2, 0.25) is 0 Å². The zero-order chi connectivity index (χ0) is 12.0. The summed E-state index contributed by atoms with van der Waals surface area (Å²) in [6, 6.07) is 7.95. The molecule has 1 aliphatic heterocycles. The summed E-state index contributed by atoms with van der Waals surface area (Å²) in [5, 5.41) is 9.53. The summed E-state index contributed by atoms with van der Waals surface area (Å²) in [4.78, 5) is 13.6. The second kappa shape index (κ2) is 3.82. The molecule has 90 valence electrons. The fourth-order valence-corrected chi connectivity index (χ4v) is 2.97. The molecule has 1 amide bonds. The van der Waals surface area contributed by atoms with Crippen LogP contribution in [0.25, 0.3) is 0 Å². The number of likely N-dealkylation sites (tertiary alicyclic amines) is 1. The summed E-state index contributed by atoms with van der Waals surface area (Å²) in [6.07, 6.45) is 0.486. The van der Waals surface area contributed by atoms with E-state index in [0.29, 0.717) is 13.0 Å². The first kappa shape index (κ1) is 10.7. The Labute approximate surface area is 100 Å². The summed E-state index contributed by atoms with van der Waals surface area (Å²) in [5.74, 6) is -0.179. The number of amides is 1. The van der Waals surface area contributed by atoms with Crippen LogP contribution in [0, 0.1) is 0 Å². The molecule has 1 aliphatic carbocycles. The zero-order valence-electron chi connectivity index (χ0n) is 9.54. The average Bonchev–Trinajstić information content (AvgIpc) is 2.80. The standard InChI is InChI=1S/C13H16N2O2/c14-10-7-8-3-1-2-4-9(8)12(10)15-6-5-11(16)13(15)17/h1-4,10-12,16H,5-7,14H2/t10-,11+,12-/m1/s1. The summed E-state index contributed by atoms with van der Waals surface area (Å²) < 4.78 is 0. The van der Waals surface area contributed by atoms with Crippen LogP contribution in [0.5, 0.6) is 0 Å². The second-order valence-corrected chi connectivity index (χ2v) is 4.85. The van der Waals surface area contributed by atoms with E-state index in [4.69, 9.17) is 5.73 Å². The molecule has 3 N–H and O–H groups in total. The molecule has 17 heavy (non-hydrogen) atoms. The molecule has 0 saturated carbocycles. The van der Waals surface area contributed by atoms with Crippen LogP contribution < -0.4 is 5.73 Å². The average molecular weight is 232 g/mol. The fraction of sp³-hybridized carbons (Fsp3) is 0.462. The first-order valence-corrected chi connectivity index (χ1v) is 6.00. The van der Waals surface area contributed by atoms with Crippen molar-refractivity contribution in [3.05, 3.63) is 35.4 Å². The third kappa shape index (κ3) is 1.56. The highest BCUT2D eigenvalue weighted by Crippen LogP contribution is 2.37. The predicted molar refractivity (Wildman–Crippen MR) is 63.2 cm³/mol. The van der Waals surface area contributed by atoms with Crippen LogP contribution in [0.3, 0.4) is 0 Å². The molecular weight excluding hydrogens is 216 g/mol. The van der Waals surface area contributed by atoms with E-state index in [1.54, 1.807) is 4.90 Å². The molecule has 3 rings (SSSR count). The van der Waals surface area contributed by atoms with Crippen molar-refractivity contribution in [2.24, 2.45) is 5.73 Å². The normalized spacial score (nSPS) is 32.0. The van der Waals surface area contributed by atoms with E-state index in [1.165, 1.54) is 5.56 Å². The molecule has 1 heterocycles. The second-order valence-electron chi connectivity index (χ2n) is 4.85. The summed E-state index contributed by atoms with van der Waals surface area (Å²) in [6.45, 7) is 0.604. The molecule has 0 aromatic heterocycles. The van der Waals surface area contributed by atoms with Gasteiger partial charge >= 0.3 is 0 Å². The molecule has 0 unspecified atom stereocenters. The number of fused-ring (bicyclic) bond motifs is 1. The molecule has 1 aromatic rings. The fourth-order valence-electron chi connectivity index (χ4n) is 2.97. The number of aliphatic hydroxyl groups is 1. The zero-order valence-corrected chi connectivity index (χ0v) is 9.54. The van der Waals surface area contributed by atoms with Crippen LogP contribution >= 0.6 is 0 Å². The highest BCUT2D eigenvalue weighted by atomic mass is 16.3. The van der Waals surface area contributed by atoms with Gasteiger partial charge in [0.1, 0.15) is 6.10 Å². The van der Waals surface area contributed by atoms with E-state index in [9.17, 15) is 9.90 Å². The maximum atomic E-state index is 11.9. The van der Waals surface area contributed by atoms with Crippen LogP contribution in [0.15, 0.2) is 24.3 Å². The molecule has 1 fully saturated rings. The molecule has 0 radical (unpaired) electrons. The molecular formula is C13H16N2O2. The lowest BCUT2D eigenvalue weighted by atomic mass is 10.1. The van der Waals surface area contributed by atoms with Gasteiger partial charge in [0, 0.05) is 12.6 Å². The number of nitrogens with two attached hydrogens (primary N) is 1. The molecule has 4 heteroatoms. The van der Waals surface area contributed by atoms with Gasteiger partial charge in [-0.2, -0.15) is 0 Å². The number of hydrogen-bond acceptors (Lipinski definition) is 3. The number of carbonyl (C=O) groups excluding carboxylic acids is 1. The Morgan fingerprint density at radius 3 is 2.82 bits per heavy atom. The number of carbonyl (C=O) groups is 1. The van der Waals surface area contributed by atoms with Crippen molar-refractivity contribution < 1.29 is 9.90 Å². The Balaban J connectivity index is 1.96. The Morgan fingerprint density at radius 2 is 2.12 bits per heavy atom. The van der Waals surface area contributed by atoms with Crippen molar-refractivity contribution in [1.82, 2.24) is 4.90 Å². The van der Waals surface area contributed by atoms with E-state index in [0.717, 1.165) is 12.0 Å². The van der Waals surface area contributed by atoms with E-state index >= 15 is 0 Å². The van der Waals surface area contributed by atoms with Gasteiger partial charge in [0.25, 0.3) is 5.91 Å². The number of benzene rings is 1. The lowest BCUT2D eigenvalue weighted by Gasteiger charge is -2.28. The molecule has 0 bridgehead atoms. The lowest BCUT2D eigenvalue weighted by Crippen LogP contribution is -2.41. The van der Waals surface area contributed by atoms with Crippen molar-refractivity contribution in [2.75, 3.05) is 6.54 Å². The van der Waals surface area contributed by atoms with Crippen LogP contribution in [-0.2, 0) is 11.2 Å². The largest absolute Gasteiger partial charge is 0.383 e. The van der Waals surface area contributed by atoms with Crippen molar-refractivity contribution in [3.8, 4) is 0 Å². The Bertz CT molecular complexity index is 460. The molecule has 0 spiro atoms. The maximum Gasteiger partial charge on any atom is 0.252 e. The predicted octanol–water partition coefficient (Wildman–Crippen LogP) is 0.204. The minimum Gasteiger partial charge on any atom is -0.383 e. The molecule has 1 saturated heterocycles. The summed E-state index contributed by atoms with van der Waals surface area (Å²) in [7, 11) is 0. The first-order valence-electron chi connectivity index (χ1n) is 6.00. The van der Waals surface area contributed by atoms with Gasteiger partial charge in [-0.05, 0) is 24.0 Å². The molecule has 1 aromatic carbocycles. The Hall–Kier alpha value is -1.39. The smallest absolute Gasteiger partial charge is 0.252 e. The molecule has 2 aliphatic rings. The quantitative estimate of drug-likeness (QED) is 0.727. The maximum absolute atomic E-state index is 11.9. The van der Waals surface area contributed by atoms with Gasteiger partial charge in [0.15, 0.2) is 0 Å². The van der Waals surface area contributed by atoms with E-state index in [2.05, 4.69) is 6.07 Å². The summed E-state index contributed by atoms with van der Waals surface area (Å²) >= 11 is 0. The minimum atomic E-state index is -0.838. The number of hydrogen-bond donors (Lipinski definition) is 2.